The van der Waals surface area contributed by atoms with Gasteiger partial charge < -0.3 is 4.74 Å². The number of carbonyl (C=O) groups is 4. The SMILES string of the molecule is COC(=O)/C=C1\SC(=Nc2ccc(Cl)cc2)C2(C1C(=O)c1ccccc1)N(C(=O)c1ccccc1)c1ccccc1N2C(=O)c1ccccc1. The molecular weight excluding hydrogens is 670 g/mol. The molecule has 246 valence electrons. The van der Waals surface area contributed by atoms with Gasteiger partial charge >= 0.3 is 5.97 Å². The van der Waals surface area contributed by atoms with Crippen molar-refractivity contribution in [1.29, 1.82) is 0 Å². The first-order valence-electron chi connectivity index (χ1n) is 15.6. The van der Waals surface area contributed by atoms with Gasteiger partial charge in [-0.2, -0.15) is 0 Å². The Morgan fingerprint density at radius 2 is 1.14 bits per heavy atom. The number of anilines is 2. The summed E-state index contributed by atoms with van der Waals surface area (Å²) >= 11 is 7.29. The molecule has 0 saturated carbocycles. The summed E-state index contributed by atoms with van der Waals surface area (Å²) in [7, 11) is 1.24. The Bertz CT molecular complexity index is 2100. The number of benzene rings is 5. The molecule has 2 aliphatic rings. The predicted octanol–water partition coefficient (Wildman–Crippen LogP) is 8.38. The first-order chi connectivity index (χ1) is 24.3. The van der Waals surface area contributed by atoms with Crippen molar-refractivity contribution in [3.63, 3.8) is 0 Å². The Kier molecular flexibility index (Phi) is 8.93. The molecule has 0 aromatic heterocycles. The number of amides is 2. The van der Waals surface area contributed by atoms with Crippen LogP contribution >= 0.6 is 23.4 Å². The Morgan fingerprint density at radius 3 is 1.62 bits per heavy atom. The summed E-state index contributed by atoms with van der Waals surface area (Å²) in [6, 6.07) is 39.7. The molecule has 50 heavy (non-hydrogen) atoms. The minimum Gasteiger partial charge on any atom is -0.466 e. The second-order valence-electron chi connectivity index (χ2n) is 11.5. The molecule has 0 bridgehead atoms. The largest absolute Gasteiger partial charge is 0.466 e. The van der Waals surface area contributed by atoms with Gasteiger partial charge in [0, 0.05) is 32.7 Å². The zero-order valence-corrected chi connectivity index (χ0v) is 28.2. The number of aliphatic imine (C=N–C) groups is 1. The van der Waals surface area contributed by atoms with Gasteiger partial charge in [0.25, 0.3) is 11.8 Å². The number of carbonyl (C=O) groups excluding carboxylic acids is 4. The predicted molar refractivity (Wildman–Crippen MR) is 196 cm³/mol. The zero-order valence-electron chi connectivity index (χ0n) is 26.6. The first-order valence-corrected chi connectivity index (χ1v) is 16.8. The molecule has 8 nitrogen and oxygen atoms in total. The molecule has 1 atom stereocenters. The van der Waals surface area contributed by atoms with Crippen LogP contribution in [0.25, 0.3) is 0 Å². The smallest absolute Gasteiger partial charge is 0.331 e. The van der Waals surface area contributed by atoms with Gasteiger partial charge in [0.15, 0.2) is 11.4 Å². The normalized spacial score (nSPS) is 17.6. The van der Waals surface area contributed by atoms with Gasteiger partial charge in [-0.15, -0.1) is 0 Å². The lowest BCUT2D eigenvalue weighted by molar-refractivity contribution is -0.134. The van der Waals surface area contributed by atoms with Crippen LogP contribution in [0.3, 0.4) is 0 Å². The number of halogens is 1. The summed E-state index contributed by atoms with van der Waals surface area (Å²) in [6.07, 6.45) is 1.24. The van der Waals surface area contributed by atoms with Crippen LogP contribution in [0.4, 0.5) is 17.1 Å². The van der Waals surface area contributed by atoms with Crippen molar-refractivity contribution in [3.05, 3.63) is 172 Å². The Morgan fingerprint density at radius 1 is 0.680 bits per heavy atom. The minimum atomic E-state index is -1.93. The van der Waals surface area contributed by atoms with Gasteiger partial charge in [-0.1, -0.05) is 102 Å². The van der Waals surface area contributed by atoms with E-state index in [-0.39, 0.29) is 9.95 Å². The maximum atomic E-state index is 15.1. The topological polar surface area (TPSA) is 96.3 Å². The Hall–Kier alpha value is -5.77. The van der Waals surface area contributed by atoms with Crippen molar-refractivity contribution < 1.29 is 23.9 Å². The number of nitrogens with zero attached hydrogens (tertiary/aromatic N) is 3. The number of para-hydroxylation sites is 2. The van der Waals surface area contributed by atoms with E-state index in [0.717, 1.165) is 11.8 Å². The van der Waals surface area contributed by atoms with Crippen LogP contribution in [-0.2, 0) is 9.53 Å². The molecule has 2 heterocycles. The monoisotopic (exact) mass is 697 g/mol. The number of ketones is 1. The number of thioether (sulfide) groups is 1. The van der Waals surface area contributed by atoms with Crippen molar-refractivity contribution in [3.8, 4) is 0 Å². The molecule has 2 aliphatic heterocycles. The van der Waals surface area contributed by atoms with E-state index in [2.05, 4.69) is 0 Å². The molecule has 7 rings (SSSR count). The summed E-state index contributed by atoms with van der Waals surface area (Å²) in [5, 5.41) is 0.704. The molecule has 1 saturated heterocycles. The highest BCUT2D eigenvalue weighted by Crippen LogP contribution is 2.60. The number of hydrogen-bond donors (Lipinski definition) is 0. The van der Waals surface area contributed by atoms with Crippen molar-refractivity contribution in [2.45, 2.75) is 5.66 Å². The number of fused-ring (bicyclic) bond motifs is 1. The molecule has 1 unspecified atom stereocenters. The van der Waals surface area contributed by atoms with E-state index >= 15 is 14.4 Å². The van der Waals surface area contributed by atoms with Crippen LogP contribution in [0, 0.1) is 5.92 Å². The number of ether oxygens (including phenoxy) is 1. The number of esters is 1. The molecule has 2 amide bonds. The molecular formula is C40H28ClN3O5S. The highest BCUT2D eigenvalue weighted by atomic mass is 35.5. The molecule has 0 aliphatic carbocycles. The van der Waals surface area contributed by atoms with Crippen LogP contribution in [-0.4, -0.2) is 41.4 Å². The summed E-state index contributed by atoms with van der Waals surface area (Å²) in [5.74, 6) is -3.42. The van der Waals surface area contributed by atoms with E-state index in [0.29, 0.717) is 38.8 Å². The number of hydrogen-bond acceptors (Lipinski definition) is 7. The molecule has 1 spiro atoms. The molecule has 0 N–H and O–H groups in total. The second-order valence-corrected chi connectivity index (χ2v) is 13.0. The van der Waals surface area contributed by atoms with Crippen molar-refractivity contribution in [2.24, 2.45) is 10.9 Å². The summed E-state index contributed by atoms with van der Waals surface area (Å²) in [6.45, 7) is 0. The summed E-state index contributed by atoms with van der Waals surface area (Å²) < 4.78 is 5.06. The van der Waals surface area contributed by atoms with Crippen molar-refractivity contribution >= 4 is 69.0 Å². The third-order valence-electron chi connectivity index (χ3n) is 8.55. The van der Waals surface area contributed by atoms with E-state index in [1.807, 2.05) is 0 Å². The van der Waals surface area contributed by atoms with E-state index in [9.17, 15) is 4.79 Å². The molecule has 10 heteroatoms. The Balaban J connectivity index is 1.63. The van der Waals surface area contributed by atoms with Gasteiger partial charge in [-0.25, -0.2) is 9.79 Å². The van der Waals surface area contributed by atoms with Crippen molar-refractivity contribution in [2.75, 3.05) is 16.9 Å². The van der Waals surface area contributed by atoms with Gasteiger partial charge in [0.1, 0.15) is 11.0 Å². The van der Waals surface area contributed by atoms with Crippen LogP contribution in [0.1, 0.15) is 31.1 Å². The summed E-state index contributed by atoms with van der Waals surface area (Å²) in [5.41, 5.74) is 0.264. The second kappa shape index (κ2) is 13.6. The molecule has 0 radical (unpaired) electrons. The molecule has 1 fully saturated rings. The highest BCUT2D eigenvalue weighted by molar-refractivity contribution is 8.18. The zero-order chi connectivity index (χ0) is 34.8. The summed E-state index contributed by atoms with van der Waals surface area (Å²) in [4.78, 5) is 66.7. The maximum absolute atomic E-state index is 15.1. The van der Waals surface area contributed by atoms with E-state index in [4.69, 9.17) is 21.3 Å². The molecule has 5 aromatic rings. The number of methoxy groups -OCH3 is 1. The molecule has 5 aromatic carbocycles. The van der Waals surface area contributed by atoms with Crippen LogP contribution < -0.4 is 9.80 Å². The fourth-order valence-corrected chi connectivity index (χ4v) is 7.88. The highest BCUT2D eigenvalue weighted by Gasteiger charge is 2.69. The van der Waals surface area contributed by atoms with Crippen molar-refractivity contribution in [1.82, 2.24) is 0 Å². The number of rotatable bonds is 6. The lowest BCUT2D eigenvalue weighted by Crippen LogP contribution is -2.68. The average Bonchev–Trinajstić information content (AvgIpc) is 3.63. The standard InChI is InChI=1S/C40H28ClN3O5S/c1-49-34(45)25-33-35(36(46)26-13-5-2-6-14-26)40(39(50-33)42-30-23-21-29(41)22-24-30)43(37(47)27-15-7-3-8-16-27)31-19-11-12-20-32(31)44(40)38(48)28-17-9-4-10-18-28/h2-25,35H,1H3/b33-25-,42-39?. The quantitative estimate of drug-likeness (QED) is 0.101. The van der Waals surface area contributed by atoms with Gasteiger partial charge in [-0.05, 0) is 60.7 Å². The lowest BCUT2D eigenvalue weighted by atomic mass is 9.82. The van der Waals surface area contributed by atoms with Crippen LogP contribution in [0.15, 0.2) is 156 Å². The fraction of sp³-hybridized carbons (Fsp3) is 0.0750. The lowest BCUT2D eigenvalue weighted by Gasteiger charge is -2.44. The third-order valence-corrected chi connectivity index (χ3v) is 9.97. The van der Waals surface area contributed by atoms with Gasteiger partial charge in [-0.3, -0.25) is 24.2 Å². The van der Waals surface area contributed by atoms with Gasteiger partial charge in [0.2, 0.25) is 0 Å². The minimum absolute atomic E-state index is 0.217. The maximum Gasteiger partial charge on any atom is 0.331 e. The fourth-order valence-electron chi connectivity index (χ4n) is 6.38. The van der Waals surface area contributed by atoms with Crippen LogP contribution in [0.2, 0.25) is 5.02 Å². The van der Waals surface area contributed by atoms with E-state index in [1.54, 1.807) is 140 Å². The number of Topliss-reactive ketones (excluding diaryl/α,β-unsaturated/α-hetero) is 1. The third kappa shape index (κ3) is 5.60. The van der Waals surface area contributed by atoms with Gasteiger partial charge in [0.05, 0.1) is 24.2 Å². The average molecular weight is 698 g/mol. The van der Waals surface area contributed by atoms with E-state index in [1.165, 1.54) is 23.0 Å². The van der Waals surface area contributed by atoms with E-state index < -0.39 is 35.1 Å². The first kappa shape index (κ1) is 32.8. The van der Waals surface area contributed by atoms with Crippen LogP contribution in [0.5, 0.6) is 0 Å². The Labute approximate surface area is 297 Å².